The summed E-state index contributed by atoms with van der Waals surface area (Å²) >= 11 is 0. The lowest BCUT2D eigenvalue weighted by Crippen LogP contribution is -2.30. The molecular weight excluding hydrogens is 224 g/mol. The van der Waals surface area contributed by atoms with Gasteiger partial charge in [0.05, 0.1) is 6.61 Å². The molecule has 0 aliphatic heterocycles. The third kappa shape index (κ3) is 5.17. The Balaban J connectivity index is 2.43. The van der Waals surface area contributed by atoms with E-state index >= 15 is 0 Å². The molecule has 0 heterocycles. The zero-order chi connectivity index (χ0) is 13.4. The van der Waals surface area contributed by atoms with Crippen molar-refractivity contribution in [2.45, 2.75) is 32.7 Å². The summed E-state index contributed by atoms with van der Waals surface area (Å²) in [5.41, 5.74) is 8.65. The Morgan fingerprint density at radius 1 is 1.17 bits per heavy atom. The Labute approximate surface area is 111 Å². The fraction of sp³-hybridized carbons (Fsp3) is 0.600. The SMILES string of the molecule is CCCN(CCO)CCC(N)c1ccc(C)cc1. The molecule has 1 unspecified atom stereocenters. The van der Waals surface area contributed by atoms with E-state index in [4.69, 9.17) is 10.8 Å². The van der Waals surface area contributed by atoms with Crippen molar-refractivity contribution in [3.05, 3.63) is 35.4 Å². The quantitative estimate of drug-likeness (QED) is 0.743. The molecular formula is C15H26N2O. The molecule has 0 amide bonds. The molecule has 3 heteroatoms. The Morgan fingerprint density at radius 3 is 2.39 bits per heavy atom. The number of rotatable bonds is 8. The van der Waals surface area contributed by atoms with Crippen LogP contribution in [0, 0.1) is 6.92 Å². The van der Waals surface area contributed by atoms with Crippen LogP contribution in [0.15, 0.2) is 24.3 Å². The van der Waals surface area contributed by atoms with E-state index in [1.165, 1.54) is 11.1 Å². The van der Waals surface area contributed by atoms with Crippen molar-refractivity contribution < 1.29 is 5.11 Å². The van der Waals surface area contributed by atoms with Crippen LogP contribution in [0.2, 0.25) is 0 Å². The number of hydrogen-bond acceptors (Lipinski definition) is 3. The van der Waals surface area contributed by atoms with Crippen LogP contribution in [-0.4, -0.2) is 36.2 Å². The van der Waals surface area contributed by atoms with Gasteiger partial charge in [-0.1, -0.05) is 36.8 Å². The number of aliphatic hydroxyl groups is 1. The minimum Gasteiger partial charge on any atom is -0.395 e. The van der Waals surface area contributed by atoms with E-state index in [0.29, 0.717) is 0 Å². The molecule has 3 nitrogen and oxygen atoms in total. The summed E-state index contributed by atoms with van der Waals surface area (Å²) in [6.07, 6.45) is 2.04. The molecule has 102 valence electrons. The van der Waals surface area contributed by atoms with Crippen molar-refractivity contribution in [3.8, 4) is 0 Å². The molecule has 0 saturated heterocycles. The zero-order valence-electron chi connectivity index (χ0n) is 11.6. The number of hydrogen-bond donors (Lipinski definition) is 2. The summed E-state index contributed by atoms with van der Waals surface area (Å²) in [5, 5.41) is 9.00. The van der Waals surface area contributed by atoms with Gasteiger partial charge in [0.15, 0.2) is 0 Å². The van der Waals surface area contributed by atoms with Crippen LogP contribution in [0.25, 0.3) is 0 Å². The van der Waals surface area contributed by atoms with Gasteiger partial charge in [-0.2, -0.15) is 0 Å². The van der Waals surface area contributed by atoms with Gasteiger partial charge in [0.2, 0.25) is 0 Å². The Morgan fingerprint density at radius 2 is 1.83 bits per heavy atom. The van der Waals surface area contributed by atoms with E-state index in [9.17, 15) is 0 Å². The lowest BCUT2D eigenvalue weighted by Gasteiger charge is -2.22. The van der Waals surface area contributed by atoms with Crippen molar-refractivity contribution in [3.63, 3.8) is 0 Å². The first kappa shape index (κ1) is 15.2. The molecule has 0 aliphatic carbocycles. The number of nitrogens with two attached hydrogens (primary N) is 1. The van der Waals surface area contributed by atoms with Gasteiger partial charge in [0.25, 0.3) is 0 Å². The molecule has 18 heavy (non-hydrogen) atoms. The summed E-state index contributed by atoms with van der Waals surface area (Å²) in [4.78, 5) is 2.27. The van der Waals surface area contributed by atoms with Crippen LogP contribution in [0.4, 0.5) is 0 Å². The number of aryl methyl sites for hydroxylation is 1. The van der Waals surface area contributed by atoms with Crippen molar-refractivity contribution in [2.75, 3.05) is 26.2 Å². The second-order valence-electron chi connectivity index (χ2n) is 4.87. The maximum absolute atomic E-state index is 9.00. The third-order valence-electron chi connectivity index (χ3n) is 3.22. The van der Waals surface area contributed by atoms with E-state index in [-0.39, 0.29) is 12.6 Å². The fourth-order valence-electron chi connectivity index (χ4n) is 2.10. The predicted octanol–water partition coefficient (Wildman–Crippen LogP) is 2.09. The van der Waals surface area contributed by atoms with E-state index < -0.39 is 0 Å². The molecule has 1 aromatic rings. The number of benzene rings is 1. The van der Waals surface area contributed by atoms with Crippen molar-refractivity contribution in [1.29, 1.82) is 0 Å². The highest BCUT2D eigenvalue weighted by molar-refractivity contribution is 5.23. The maximum atomic E-state index is 9.00. The van der Waals surface area contributed by atoms with E-state index in [0.717, 1.165) is 32.5 Å². The topological polar surface area (TPSA) is 49.5 Å². The molecule has 0 aliphatic rings. The highest BCUT2D eigenvalue weighted by atomic mass is 16.3. The summed E-state index contributed by atoms with van der Waals surface area (Å²) < 4.78 is 0. The van der Waals surface area contributed by atoms with E-state index in [1.807, 2.05) is 0 Å². The van der Waals surface area contributed by atoms with Crippen molar-refractivity contribution in [2.24, 2.45) is 5.73 Å². The second-order valence-corrected chi connectivity index (χ2v) is 4.87. The van der Waals surface area contributed by atoms with Crippen LogP contribution in [0.5, 0.6) is 0 Å². The Hall–Kier alpha value is -0.900. The van der Waals surface area contributed by atoms with E-state index in [1.54, 1.807) is 0 Å². The fourth-order valence-corrected chi connectivity index (χ4v) is 2.10. The lowest BCUT2D eigenvalue weighted by molar-refractivity contribution is 0.191. The second kappa shape index (κ2) is 8.25. The highest BCUT2D eigenvalue weighted by Gasteiger charge is 2.09. The largest absolute Gasteiger partial charge is 0.395 e. The van der Waals surface area contributed by atoms with Gasteiger partial charge < -0.3 is 15.7 Å². The van der Waals surface area contributed by atoms with Gasteiger partial charge in [0.1, 0.15) is 0 Å². The third-order valence-corrected chi connectivity index (χ3v) is 3.22. The summed E-state index contributed by atoms with van der Waals surface area (Å²) in [6.45, 7) is 7.18. The van der Waals surface area contributed by atoms with Gasteiger partial charge in [0, 0.05) is 19.1 Å². The lowest BCUT2D eigenvalue weighted by atomic mass is 10.0. The molecule has 1 atom stereocenters. The van der Waals surface area contributed by atoms with Gasteiger partial charge >= 0.3 is 0 Å². The predicted molar refractivity (Wildman–Crippen MR) is 76.5 cm³/mol. The van der Waals surface area contributed by atoms with Crippen molar-refractivity contribution >= 4 is 0 Å². The van der Waals surface area contributed by atoms with Crippen LogP contribution in [0.1, 0.15) is 36.9 Å². The Bertz CT molecular complexity index is 318. The van der Waals surface area contributed by atoms with Crippen LogP contribution in [0.3, 0.4) is 0 Å². The first-order valence-corrected chi connectivity index (χ1v) is 6.82. The summed E-state index contributed by atoms with van der Waals surface area (Å²) in [6, 6.07) is 8.51. The average molecular weight is 250 g/mol. The minimum absolute atomic E-state index is 0.0867. The van der Waals surface area contributed by atoms with Crippen LogP contribution >= 0.6 is 0 Å². The zero-order valence-corrected chi connectivity index (χ0v) is 11.6. The molecule has 0 saturated carbocycles. The first-order chi connectivity index (χ1) is 8.67. The van der Waals surface area contributed by atoms with Gasteiger partial charge in [-0.05, 0) is 31.9 Å². The van der Waals surface area contributed by atoms with E-state index in [2.05, 4.69) is 43.0 Å². The molecule has 0 fully saturated rings. The molecule has 1 rings (SSSR count). The van der Waals surface area contributed by atoms with Crippen molar-refractivity contribution in [1.82, 2.24) is 4.90 Å². The van der Waals surface area contributed by atoms with Crippen LogP contribution in [-0.2, 0) is 0 Å². The summed E-state index contributed by atoms with van der Waals surface area (Å²) in [7, 11) is 0. The molecule has 0 aromatic heterocycles. The highest BCUT2D eigenvalue weighted by Crippen LogP contribution is 2.15. The first-order valence-electron chi connectivity index (χ1n) is 6.82. The maximum Gasteiger partial charge on any atom is 0.0558 e. The normalized spacial score (nSPS) is 12.9. The van der Waals surface area contributed by atoms with Crippen LogP contribution < -0.4 is 5.73 Å². The number of aliphatic hydroxyl groups excluding tert-OH is 1. The monoisotopic (exact) mass is 250 g/mol. The number of nitrogens with zero attached hydrogens (tertiary/aromatic N) is 1. The average Bonchev–Trinajstić information content (AvgIpc) is 2.37. The molecule has 1 aromatic carbocycles. The molecule has 0 spiro atoms. The minimum atomic E-state index is 0.0867. The van der Waals surface area contributed by atoms with Gasteiger partial charge in [-0.25, -0.2) is 0 Å². The molecule has 3 N–H and O–H groups in total. The standard InChI is InChI=1S/C15H26N2O/c1-3-9-17(11-12-18)10-8-15(16)14-6-4-13(2)5-7-14/h4-7,15,18H,3,8-12,16H2,1-2H3. The molecule has 0 radical (unpaired) electrons. The van der Waals surface area contributed by atoms with Gasteiger partial charge in [-0.3, -0.25) is 0 Å². The Kier molecular flexibility index (Phi) is 6.94. The smallest absolute Gasteiger partial charge is 0.0558 e. The van der Waals surface area contributed by atoms with Gasteiger partial charge in [-0.15, -0.1) is 0 Å². The molecule has 0 bridgehead atoms. The summed E-state index contributed by atoms with van der Waals surface area (Å²) in [5.74, 6) is 0.